The Hall–Kier alpha value is 0.160. The number of Topliss-reactive ketones (excluding diaryl/α,β-unsaturated/α-hetero) is 1. The summed E-state index contributed by atoms with van der Waals surface area (Å²) < 4.78 is 0.706. The monoisotopic (exact) mass is 426 g/mol. The van der Waals surface area contributed by atoms with E-state index in [0.717, 1.165) is 36.7 Å². The maximum atomic E-state index is 12.5. The number of hydrogen-bond acceptors (Lipinski definition) is 4. The van der Waals surface area contributed by atoms with Gasteiger partial charge in [0.25, 0.3) is 0 Å². The van der Waals surface area contributed by atoms with E-state index in [1.807, 2.05) is 12.1 Å². The number of ketones is 1. The van der Waals surface area contributed by atoms with Crippen molar-refractivity contribution in [2.24, 2.45) is 17.6 Å². The number of likely N-dealkylation sites (tertiary alicyclic amines) is 1. The van der Waals surface area contributed by atoms with Crippen LogP contribution in [0.4, 0.5) is 0 Å². The molecular formula is C18H29Cl3N2OS. The first-order valence-electron chi connectivity index (χ1n) is 8.89. The van der Waals surface area contributed by atoms with Gasteiger partial charge in [0.2, 0.25) is 0 Å². The standard InChI is InChI=1S/C18H27ClN2OS.2ClH/c19-17-6-5-16(23-17)18(22)14-8-11-21(12-9-14)10-7-13-1-3-15(20)4-2-13;;/h5-6,13-15H,1-4,7-12,20H2;2*1H. The van der Waals surface area contributed by atoms with Crippen LogP contribution in [0.15, 0.2) is 12.1 Å². The van der Waals surface area contributed by atoms with Crippen molar-refractivity contribution in [3.05, 3.63) is 21.3 Å². The summed E-state index contributed by atoms with van der Waals surface area (Å²) in [5, 5.41) is 0. The molecule has 0 aromatic carbocycles. The molecule has 3 nitrogen and oxygen atoms in total. The molecule has 7 heteroatoms. The van der Waals surface area contributed by atoms with E-state index >= 15 is 0 Å². The molecule has 25 heavy (non-hydrogen) atoms. The van der Waals surface area contributed by atoms with E-state index in [9.17, 15) is 4.79 Å². The molecule has 2 fully saturated rings. The Labute approximate surface area is 172 Å². The molecule has 0 spiro atoms. The van der Waals surface area contributed by atoms with Crippen LogP contribution in [0.3, 0.4) is 0 Å². The molecule has 3 rings (SSSR count). The SMILES string of the molecule is Cl.Cl.NC1CCC(CCN2CCC(C(=O)c3ccc(Cl)s3)CC2)CC1. The molecule has 2 heterocycles. The summed E-state index contributed by atoms with van der Waals surface area (Å²) in [6.45, 7) is 3.30. The van der Waals surface area contributed by atoms with Crippen molar-refractivity contribution in [3.8, 4) is 0 Å². The second-order valence-electron chi connectivity index (χ2n) is 7.15. The van der Waals surface area contributed by atoms with Crippen molar-refractivity contribution < 1.29 is 4.79 Å². The molecule has 1 aromatic heterocycles. The van der Waals surface area contributed by atoms with Crippen LogP contribution < -0.4 is 5.73 Å². The van der Waals surface area contributed by atoms with Gasteiger partial charge in [-0.2, -0.15) is 0 Å². The fraction of sp³-hybridized carbons (Fsp3) is 0.722. The topological polar surface area (TPSA) is 46.3 Å². The van der Waals surface area contributed by atoms with Gasteiger partial charge in [-0.05, 0) is 82.6 Å². The lowest BCUT2D eigenvalue weighted by atomic mass is 9.84. The quantitative estimate of drug-likeness (QED) is 0.669. The maximum absolute atomic E-state index is 12.5. The number of rotatable bonds is 5. The number of carbonyl (C=O) groups is 1. The second-order valence-corrected chi connectivity index (χ2v) is 8.87. The van der Waals surface area contributed by atoms with Gasteiger partial charge < -0.3 is 10.6 Å². The van der Waals surface area contributed by atoms with Gasteiger partial charge >= 0.3 is 0 Å². The molecule has 0 radical (unpaired) electrons. The molecule has 0 bridgehead atoms. The Kier molecular flexibility index (Phi) is 10.3. The molecule has 2 aliphatic rings. The summed E-state index contributed by atoms with van der Waals surface area (Å²) in [7, 11) is 0. The van der Waals surface area contributed by atoms with E-state index in [4.69, 9.17) is 17.3 Å². The normalized spacial score (nSPS) is 25.0. The third kappa shape index (κ3) is 6.67. The van der Waals surface area contributed by atoms with Crippen LogP contribution in [-0.4, -0.2) is 36.4 Å². The number of thiophene rings is 1. The molecule has 0 unspecified atom stereocenters. The average molecular weight is 428 g/mol. The zero-order chi connectivity index (χ0) is 16.2. The lowest BCUT2D eigenvalue weighted by Gasteiger charge is -2.33. The van der Waals surface area contributed by atoms with E-state index in [1.165, 1.54) is 50.0 Å². The Morgan fingerprint density at radius 3 is 2.32 bits per heavy atom. The molecule has 1 aliphatic carbocycles. The lowest BCUT2D eigenvalue weighted by molar-refractivity contribution is 0.0837. The maximum Gasteiger partial charge on any atom is 0.175 e. The van der Waals surface area contributed by atoms with Gasteiger partial charge in [0.15, 0.2) is 5.78 Å². The number of carbonyl (C=O) groups excluding carboxylic acids is 1. The molecule has 0 atom stereocenters. The van der Waals surface area contributed by atoms with Crippen LogP contribution in [0.1, 0.15) is 54.6 Å². The summed E-state index contributed by atoms with van der Waals surface area (Å²) in [5.41, 5.74) is 5.98. The third-order valence-corrected chi connectivity index (χ3v) is 6.77. The number of nitrogens with two attached hydrogens (primary N) is 1. The minimum absolute atomic E-state index is 0. The van der Waals surface area contributed by atoms with Gasteiger partial charge in [-0.25, -0.2) is 0 Å². The minimum Gasteiger partial charge on any atom is -0.328 e. The van der Waals surface area contributed by atoms with Gasteiger partial charge in [-0.3, -0.25) is 4.79 Å². The number of hydrogen-bond donors (Lipinski definition) is 1. The zero-order valence-electron chi connectivity index (χ0n) is 14.5. The van der Waals surface area contributed by atoms with E-state index in [-0.39, 0.29) is 30.7 Å². The van der Waals surface area contributed by atoms with Gasteiger partial charge in [0.1, 0.15) is 0 Å². The van der Waals surface area contributed by atoms with Crippen molar-refractivity contribution in [2.75, 3.05) is 19.6 Å². The van der Waals surface area contributed by atoms with Crippen LogP contribution in [0.2, 0.25) is 4.34 Å². The van der Waals surface area contributed by atoms with Crippen LogP contribution in [0.25, 0.3) is 0 Å². The van der Waals surface area contributed by atoms with E-state index in [0.29, 0.717) is 16.2 Å². The van der Waals surface area contributed by atoms with Crippen molar-refractivity contribution in [1.29, 1.82) is 0 Å². The first-order chi connectivity index (χ1) is 11.1. The van der Waals surface area contributed by atoms with E-state index < -0.39 is 0 Å². The fourth-order valence-corrected chi connectivity index (χ4v) is 4.97. The predicted molar refractivity (Wildman–Crippen MR) is 112 cm³/mol. The van der Waals surface area contributed by atoms with Crippen LogP contribution in [-0.2, 0) is 0 Å². The van der Waals surface area contributed by atoms with Crippen LogP contribution >= 0.6 is 47.8 Å². The molecule has 1 aliphatic heterocycles. The molecule has 144 valence electrons. The van der Waals surface area contributed by atoms with Crippen molar-refractivity contribution >= 4 is 53.5 Å². The first-order valence-corrected chi connectivity index (χ1v) is 10.1. The molecule has 1 saturated carbocycles. The predicted octanol–water partition coefficient (Wildman–Crippen LogP) is 5.05. The van der Waals surface area contributed by atoms with E-state index in [2.05, 4.69) is 4.90 Å². The summed E-state index contributed by atoms with van der Waals surface area (Å²) in [6.07, 6.45) is 8.28. The highest BCUT2D eigenvalue weighted by molar-refractivity contribution is 7.18. The summed E-state index contributed by atoms with van der Waals surface area (Å²) in [4.78, 5) is 15.8. The Morgan fingerprint density at radius 1 is 1.12 bits per heavy atom. The summed E-state index contributed by atoms with van der Waals surface area (Å²) >= 11 is 7.35. The summed E-state index contributed by atoms with van der Waals surface area (Å²) in [6, 6.07) is 4.14. The number of halogens is 3. The average Bonchev–Trinajstić information content (AvgIpc) is 3.01. The zero-order valence-corrected chi connectivity index (χ0v) is 17.7. The largest absolute Gasteiger partial charge is 0.328 e. The second kappa shape index (κ2) is 11.1. The Morgan fingerprint density at radius 2 is 1.76 bits per heavy atom. The van der Waals surface area contributed by atoms with Crippen LogP contribution in [0, 0.1) is 11.8 Å². The van der Waals surface area contributed by atoms with Crippen molar-refractivity contribution in [1.82, 2.24) is 4.90 Å². The van der Waals surface area contributed by atoms with E-state index in [1.54, 1.807) is 0 Å². The molecular weight excluding hydrogens is 399 g/mol. The van der Waals surface area contributed by atoms with Crippen molar-refractivity contribution in [3.63, 3.8) is 0 Å². The minimum atomic E-state index is 0. The van der Waals surface area contributed by atoms with Crippen molar-refractivity contribution in [2.45, 2.75) is 51.0 Å². The molecule has 1 aromatic rings. The molecule has 1 saturated heterocycles. The molecule has 0 amide bonds. The smallest absolute Gasteiger partial charge is 0.175 e. The molecule has 2 N–H and O–H groups in total. The van der Waals surface area contributed by atoms with Gasteiger partial charge in [0, 0.05) is 12.0 Å². The van der Waals surface area contributed by atoms with Gasteiger partial charge in [-0.1, -0.05) is 11.6 Å². The van der Waals surface area contributed by atoms with Gasteiger partial charge in [-0.15, -0.1) is 36.2 Å². The Balaban J connectivity index is 0.00000156. The highest BCUT2D eigenvalue weighted by atomic mass is 35.5. The number of piperidine rings is 1. The third-order valence-electron chi connectivity index (χ3n) is 5.52. The van der Waals surface area contributed by atoms with Crippen LogP contribution in [0.5, 0.6) is 0 Å². The number of nitrogens with zero attached hydrogens (tertiary/aromatic N) is 1. The fourth-order valence-electron chi connectivity index (χ4n) is 3.91. The highest BCUT2D eigenvalue weighted by Crippen LogP contribution is 2.29. The highest BCUT2D eigenvalue weighted by Gasteiger charge is 2.27. The first kappa shape index (κ1) is 23.2. The summed E-state index contributed by atoms with van der Waals surface area (Å²) in [5.74, 6) is 1.35. The van der Waals surface area contributed by atoms with Gasteiger partial charge in [0.05, 0.1) is 9.21 Å². The lowest BCUT2D eigenvalue weighted by Crippen LogP contribution is -2.37. The Bertz CT molecular complexity index is 524.